The Morgan fingerprint density at radius 3 is 3.17 bits per heavy atom. The van der Waals surface area contributed by atoms with Gasteiger partial charge in [0.1, 0.15) is 0 Å². The number of allylic oxidation sites excluding steroid dienone is 4. The summed E-state index contributed by atoms with van der Waals surface area (Å²) in [7, 11) is 0. The van der Waals surface area contributed by atoms with Crippen molar-refractivity contribution >= 4 is 28.1 Å². The van der Waals surface area contributed by atoms with Crippen LogP contribution in [-0.4, -0.2) is 16.9 Å². The molecule has 1 heterocycles. The maximum Gasteiger partial charge on any atom is 0.277 e. The summed E-state index contributed by atoms with van der Waals surface area (Å²) in [6.07, 6.45) is 9.15. The van der Waals surface area contributed by atoms with E-state index in [4.69, 9.17) is 0 Å². The summed E-state index contributed by atoms with van der Waals surface area (Å²) < 4.78 is 0. The number of aliphatic imine (C=N–C) groups is 1. The van der Waals surface area contributed by atoms with Crippen LogP contribution in [0.25, 0.3) is 0 Å². The summed E-state index contributed by atoms with van der Waals surface area (Å²) in [5.41, 5.74) is 1.65. The molecule has 0 saturated heterocycles. The van der Waals surface area contributed by atoms with Gasteiger partial charge in [0.25, 0.3) is 5.91 Å². The highest BCUT2D eigenvalue weighted by molar-refractivity contribution is 9.09. The van der Waals surface area contributed by atoms with Crippen molar-refractivity contribution in [3.8, 4) is 0 Å². The molecule has 0 N–H and O–H groups in total. The van der Waals surface area contributed by atoms with Gasteiger partial charge < -0.3 is 0 Å². The van der Waals surface area contributed by atoms with Gasteiger partial charge in [-0.3, -0.25) is 4.79 Å². The molecule has 0 radical (unpaired) electrons. The number of hydrogen-bond acceptors (Lipinski definition) is 1. The SMILES string of the molecule is O=C1N=CC=C2C=CC(Br)C=C12. The van der Waals surface area contributed by atoms with Crippen LogP contribution >= 0.6 is 15.9 Å². The zero-order chi connectivity index (χ0) is 8.55. The molecule has 1 atom stereocenters. The lowest BCUT2D eigenvalue weighted by atomic mass is 9.97. The number of dihydropyridines is 1. The Kier molecular flexibility index (Phi) is 1.81. The molecule has 1 aliphatic carbocycles. The monoisotopic (exact) mass is 223 g/mol. The summed E-state index contributed by atoms with van der Waals surface area (Å²) in [5, 5.41) is 0. The molecular formula is C9H6BrNO. The van der Waals surface area contributed by atoms with Crippen LogP contribution in [0.1, 0.15) is 0 Å². The van der Waals surface area contributed by atoms with Crippen LogP contribution in [0, 0.1) is 0 Å². The minimum Gasteiger partial charge on any atom is -0.267 e. The lowest BCUT2D eigenvalue weighted by molar-refractivity contribution is -0.114. The number of alkyl halides is 1. The van der Waals surface area contributed by atoms with E-state index in [9.17, 15) is 4.79 Å². The van der Waals surface area contributed by atoms with Crippen molar-refractivity contribution in [2.75, 3.05) is 0 Å². The first kappa shape index (κ1) is 7.68. The number of rotatable bonds is 0. The molecule has 0 aromatic heterocycles. The summed E-state index contributed by atoms with van der Waals surface area (Å²) in [6.45, 7) is 0. The minimum atomic E-state index is -0.152. The Morgan fingerprint density at radius 1 is 1.50 bits per heavy atom. The molecule has 2 nitrogen and oxygen atoms in total. The third kappa shape index (κ3) is 1.20. The first-order valence-corrected chi connectivity index (χ1v) is 4.52. The number of nitrogens with zero attached hydrogens (tertiary/aromatic N) is 1. The molecule has 1 amide bonds. The summed E-state index contributed by atoms with van der Waals surface area (Å²) in [5.74, 6) is -0.152. The summed E-state index contributed by atoms with van der Waals surface area (Å²) >= 11 is 3.38. The Hall–Kier alpha value is -0.960. The second-order valence-electron chi connectivity index (χ2n) is 2.59. The Balaban J connectivity index is 2.46. The topological polar surface area (TPSA) is 29.4 Å². The Morgan fingerprint density at radius 2 is 2.33 bits per heavy atom. The fourth-order valence-corrected chi connectivity index (χ4v) is 1.61. The highest BCUT2D eigenvalue weighted by Crippen LogP contribution is 2.24. The quantitative estimate of drug-likeness (QED) is 0.576. The molecule has 0 bridgehead atoms. The second kappa shape index (κ2) is 2.83. The molecule has 0 saturated carbocycles. The van der Waals surface area contributed by atoms with Crippen LogP contribution in [0.4, 0.5) is 0 Å². The fraction of sp³-hybridized carbons (Fsp3) is 0.111. The normalized spacial score (nSPS) is 26.4. The Labute approximate surface area is 78.5 Å². The van der Waals surface area contributed by atoms with Gasteiger partial charge in [-0.05, 0) is 11.6 Å². The van der Waals surface area contributed by atoms with Gasteiger partial charge in [0.15, 0.2) is 0 Å². The van der Waals surface area contributed by atoms with E-state index >= 15 is 0 Å². The Bertz CT molecular complexity index is 350. The van der Waals surface area contributed by atoms with Gasteiger partial charge in [-0.25, -0.2) is 4.99 Å². The molecule has 2 aliphatic rings. The first-order chi connectivity index (χ1) is 5.77. The zero-order valence-electron chi connectivity index (χ0n) is 6.20. The van der Waals surface area contributed by atoms with Crippen molar-refractivity contribution in [1.29, 1.82) is 0 Å². The van der Waals surface area contributed by atoms with E-state index in [0.29, 0.717) is 5.57 Å². The van der Waals surface area contributed by atoms with Gasteiger partial charge in [0.2, 0.25) is 0 Å². The molecule has 0 fully saturated rings. The van der Waals surface area contributed by atoms with E-state index in [2.05, 4.69) is 20.9 Å². The second-order valence-corrected chi connectivity index (χ2v) is 3.65. The summed E-state index contributed by atoms with van der Waals surface area (Å²) in [6, 6.07) is 0. The molecule has 60 valence electrons. The molecule has 0 spiro atoms. The van der Waals surface area contributed by atoms with Crippen LogP contribution in [-0.2, 0) is 4.79 Å². The number of hydrogen-bond donors (Lipinski definition) is 0. The lowest BCUT2D eigenvalue weighted by Gasteiger charge is -2.13. The van der Waals surface area contributed by atoms with E-state index in [1.165, 1.54) is 6.21 Å². The largest absolute Gasteiger partial charge is 0.277 e. The maximum atomic E-state index is 11.2. The molecule has 3 heteroatoms. The van der Waals surface area contributed by atoms with E-state index in [0.717, 1.165) is 5.57 Å². The average Bonchev–Trinajstić information content (AvgIpc) is 2.07. The van der Waals surface area contributed by atoms with Crippen molar-refractivity contribution in [3.05, 3.63) is 35.5 Å². The van der Waals surface area contributed by atoms with E-state index in [1.54, 1.807) is 0 Å². The zero-order valence-corrected chi connectivity index (χ0v) is 7.78. The van der Waals surface area contributed by atoms with Crippen LogP contribution in [0.15, 0.2) is 40.4 Å². The summed E-state index contributed by atoms with van der Waals surface area (Å²) in [4.78, 5) is 15.1. The van der Waals surface area contributed by atoms with Crippen molar-refractivity contribution in [1.82, 2.24) is 0 Å². The van der Waals surface area contributed by atoms with E-state index < -0.39 is 0 Å². The van der Waals surface area contributed by atoms with Gasteiger partial charge >= 0.3 is 0 Å². The molecule has 1 unspecified atom stereocenters. The van der Waals surface area contributed by atoms with Crippen molar-refractivity contribution in [3.63, 3.8) is 0 Å². The van der Waals surface area contributed by atoms with Crippen LogP contribution in [0.2, 0.25) is 0 Å². The number of amides is 1. The molecule has 12 heavy (non-hydrogen) atoms. The van der Waals surface area contributed by atoms with Gasteiger partial charge in [-0.2, -0.15) is 0 Å². The maximum absolute atomic E-state index is 11.2. The van der Waals surface area contributed by atoms with Crippen LogP contribution in [0.3, 0.4) is 0 Å². The third-order valence-electron chi connectivity index (χ3n) is 1.77. The van der Waals surface area contributed by atoms with Crippen molar-refractivity contribution in [2.24, 2.45) is 4.99 Å². The molecule has 0 aromatic rings. The van der Waals surface area contributed by atoms with Gasteiger partial charge in [-0.1, -0.05) is 34.2 Å². The highest BCUT2D eigenvalue weighted by atomic mass is 79.9. The van der Waals surface area contributed by atoms with Gasteiger partial charge in [0, 0.05) is 11.8 Å². The number of carbonyl (C=O) groups is 1. The molecule has 0 aromatic carbocycles. The fourth-order valence-electron chi connectivity index (χ4n) is 1.19. The van der Waals surface area contributed by atoms with Gasteiger partial charge in [-0.15, -0.1) is 0 Å². The average molecular weight is 224 g/mol. The van der Waals surface area contributed by atoms with E-state index in [1.807, 2.05) is 24.3 Å². The third-order valence-corrected chi connectivity index (χ3v) is 2.34. The van der Waals surface area contributed by atoms with Crippen LogP contribution < -0.4 is 0 Å². The number of carbonyl (C=O) groups excluding carboxylic acids is 1. The van der Waals surface area contributed by atoms with Gasteiger partial charge in [0.05, 0.1) is 4.83 Å². The van der Waals surface area contributed by atoms with Crippen LogP contribution in [0.5, 0.6) is 0 Å². The number of fused-ring (bicyclic) bond motifs is 1. The van der Waals surface area contributed by atoms with Crippen molar-refractivity contribution in [2.45, 2.75) is 4.83 Å². The predicted octanol–water partition coefficient (Wildman–Crippen LogP) is 1.78. The molecular weight excluding hydrogens is 218 g/mol. The molecule has 1 aliphatic heterocycles. The smallest absolute Gasteiger partial charge is 0.267 e. The predicted molar refractivity (Wildman–Crippen MR) is 51.5 cm³/mol. The minimum absolute atomic E-state index is 0.152. The lowest BCUT2D eigenvalue weighted by Crippen LogP contribution is -2.11. The standard InChI is InChI=1S/C9H6BrNO/c10-7-2-1-6-3-4-11-9(12)8(6)5-7/h1-5,7H. The van der Waals surface area contributed by atoms with Crippen molar-refractivity contribution < 1.29 is 4.79 Å². The number of halogens is 1. The highest BCUT2D eigenvalue weighted by Gasteiger charge is 2.18. The first-order valence-electron chi connectivity index (χ1n) is 3.60. The molecule has 2 rings (SSSR count). The van der Waals surface area contributed by atoms with E-state index in [-0.39, 0.29) is 10.7 Å².